The minimum Gasteiger partial charge on any atom is -0.231 e. The largest absolute Gasteiger partial charge is 0.280 e. The second-order valence-corrected chi connectivity index (χ2v) is 5.22. The van der Waals surface area contributed by atoms with E-state index in [0.29, 0.717) is 11.3 Å². The van der Waals surface area contributed by atoms with Crippen LogP contribution in [-0.4, -0.2) is 23.0 Å². The van der Waals surface area contributed by atoms with Gasteiger partial charge in [0.05, 0.1) is 5.69 Å². The lowest BCUT2D eigenvalue weighted by molar-refractivity contribution is 0.601. The molecular formula is C7H6ClN3O2S. The number of aryl methyl sites for hydroxylation is 1. The molecule has 0 amide bonds. The van der Waals surface area contributed by atoms with Gasteiger partial charge in [-0.3, -0.25) is 0 Å². The summed E-state index contributed by atoms with van der Waals surface area (Å²) in [6.07, 6.45) is 1.47. The van der Waals surface area contributed by atoms with Gasteiger partial charge >= 0.3 is 0 Å². The average molecular weight is 232 g/mol. The van der Waals surface area contributed by atoms with Crippen LogP contribution in [0.1, 0.15) is 5.69 Å². The molecule has 0 unspecified atom stereocenters. The van der Waals surface area contributed by atoms with Gasteiger partial charge in [0.1, 0.15) is 0 Å². The summed E-state index contributed by atoms with van der Waals surface area (Å²) >= 11 is 0. The Bertz CT molecular complexity index is 590. The Morgan fingerprint density at radius 3 is 2.86 bits per heavy atom. The van der Waals surface area contributed by atoms with Crippen LogP contribution in [0.3, 0.4) is 0 Å². The van der Waals surface area contributed by atoms with Crippen molar-refractivity contribution in [2.75, 3.05) is 0 Å². The standard InChI is InChI=1S/C7H6ClN3O2S/c1-5-7(14(8,12)13)11-6(10-5)3-2-4-9-11/h2-4H,1H3. The number of rotatable bonds is 1. The molecule has 74 valence electrons. The summed E-state index contributed by atoms with van der Waals surface area (Å²) in [6, 6.07) is 3.33. The highest BCUT2D eigenvalue weighted by molar-refractivity contribution is 8.13. The number of aromatic nitrogens is 3. The Labute approximate surface area is 84.8 Å². The number of fused-ring (bicyclic) bond motifs is 1. The van der Waals surface area contributed by atoms with Crippen LogP contribution in [0.25, 0.3) is 5.65 Å². The first-order chi connectivity index (χ1) is 6.50. The average Bonchev–Trinajstić information content (AvgIpc) is 2.38. The van der Waals surface area contributed by atoms with Gasteiger partial charge in [-0.15, -0.1) is 0 Å². The summed E-state index contributed by atoms with van der Waals surface area (Å²) < 4.78 is 23.6. The van der Waals surface area contributed by atoms with Crippen molar-refractivity contribution in [2.24, 2.45) is 0 Å². The minimum atomic E-state index is -3.81. The number of hydrogen-bond acceptors (Lipinski definition) is 4. The molecule has 0 aromatic carbocycles. The Morgan fingerprint density at radius 1 is 1.50 bits per heavy atom. The fourth-order valence-electron chi connectivity index (χ4n) is 1.26. The predicted molar refractivity (Wildman–Crippen MR) is 50.8 cm³/mol. The number of halogens is 1. The third-order valence-corrected chi connectivity index (χ3v) is 3.11. The molecule has 2 heterocycles. The quantitative estimate of drug-likeness (QED) is 0.686. The number of nitrogens with zero attached hydrogens (tertiary/aromatic N) is 3. The Kier molecular flexibility index (Phi) is 1.97. The first-order valence-electron chi connectivity index (χ1n) is 3.75. The van der Waals surface area contributed by atoms with E-state index in [1.54, 1.807) is 19.1 Å². The zero-order chi connectivity index (χ0) is 10.3. The number of hydrogen-bond donors (Lipinski definition) is 0. The molecule has 0 N–H and O–H groups in total. The molecule has 2 aromatic rings. The van der Waals surface area contributed by atoms with Crippen molar-refractivity contribution in [1.29, 1.82) is 0 Å². The van der Waals surface area contributed by atoms with E-state index in [-0.39, 0.29) is 5.03 Å². The van der Waals surface area contributed by atoms with E-state index < -0.39 is 9.05 Å². The SMILES string of the molecule is Cc1nc2cccnn2c1S(=O)(=O)Cl. The second-order valence-electron chi connectivity index (χ2n) is 2.73. The maximum absolute atomic E-state index is 11.2. The van der Waals surface area contributed by atoms with E-state index >= 15 is 0 Å². The summed E-state index contributed by atoms with van der Waals surface area (Å²) in [6.45, 7) is 1.57. The molecule has 2 aromatic heterocycles. The van der Waals surface area contributed by atoms with E-state index in [0.717, 1.165) is 0 Å². The second kappa shape index (κ2) is 2.93. The summed E-state index contributed by atoms with van der Waals surface area (Å²) in [4.78, 5) is 4.02. The van der Waals surface area contributed by atoms with Crippen LogP contribution in [-0.2, 0) is 9.05 Å². The smallest absolute Gasteiger partial charge is 0.231 e. The van der Waals surface area contributed by atoms with Crippen LogP contribution in [0.5, 0.6) is 0 Å². The first kappa shape index (κ1) is 9.42. The van der Waals surface area contributed by atoms with Crippen molar-refractivity contribution in [3.63, 3.8) is 0 Å². The highest BCUT2D eigenvalue weighted by atomic mass is 35.7. The van der Waals surface area contributed by atoms with Crippen LogP contribution in [0.15, 0.2) is 23.4 Å². The van der Waals surface area contributed by atoms with Crippen LogP contribution in [0.2, 0.25) is 0 Å². The molecule has 2 rings (SSSR count). The molecule has 0 aliphatic rings. The Hall–Kier alpha value is -1.14. The summed E-state index contributed by atoms with van der Waals surface area (Å²) in [7, 11) is 1.45. The normalized spacial score (nSPS) is 12.1. The molecule has 7 heteroatoms. The summed E-state index contributed by atoms with van der Waals surface area (Å²) in [5, 5.41) is 3.78. The molecule has 5 nitrogen and oxygen atoms in total. The van der Waals surface area contributed by atoms with Crippen molar-refractivity contribution < 1.29 is 8.42 Å². The highest BCUT2D eigenvalue weighted by Gasteiger charge is 2.20. The first-order valence-corrected chi connectivity index (χ1v) is 6.06. The van der Waals surface area contributed by atoms with Gasteiger partial charge in [0, 0.05) is 16.9 Å². The topological polar surface area (TPSA) is 64.3 Å². The molecule has 0 fully saturated rings. The van der Waals surface area contributed by atoms with Crippen molar-refractivity contribution >= 4 is 25.4 Å². The van der Waals surface area contributed by atoms with Crippen LogP contribution in [0.4, 0.5) is 0 Å². The van der Waals surface area contributed by atoms with Crippen molar-refractivity contribution in [3.05, 3.63) is 24.0 Å². The zero-order valence-corrected chi connectivity index (χ0v) is 8.75. The van der Waals surface area contributed by atoms with E-state index in [1.165, 1.54) is 10.7 Å². The van der Waals surface area contributed by atoms with Crippen LogP contribution >= 0.6 is 10.7 Å². The van der Waals surface area contributed by atoms with Gasteiger partial charge in [-0.1, -0.05) is 0 Å². The summed E-state index contributed by atoms with van der Waals surface area (Å²) in [5.41, 5.74) is 0.808. The highest BCUT2D eigenvalue weighted by Crippen LogP contribution is 2.19. The van der Waals surface area contributed by atoms with Gasteiger partial charge in [-0.2, -0.15) is 5.10 Å². The third kappa shape index (κ3) is 1.36. The van der Waals surface area contributed by atoms with Gasteiger partial charge < -0.3 is 0 Å². The van der Waals surface area contributed by atoms with Crippen molar-refractivity contribution in [1.82, 2.24) is 14.6 Å². The molecule has 0 spiro atoms. The maximum Gasteiger partial charge on any atom is 0.280 e. The monoisotopic (exact) mass is 231 g/mol. The van der Waals surface area contributed by atoms with Gasteiger partial charge in [-0.25, -0.2) is 17.9 Å². The van der Waals surface area contributed by atoms with Gasteiger partial charge in [0.15, 0.2) is 10.7 Å². The van der Waals surface area contributed by atoms with Crippen LogP contribution in [0, 0.1) is 6.92 Å². The fraction of sp³-hybridized carbons (Fsp3) is 0.143. The van der Waals surface area contributed by atoms with E-state index in [9.17, 15) is 8.42 Å². The molecule has 0 aliphatic carbocycles. The molecule has 14 heavy (non-hydrogen) atoms. The van der Waals surface area contributed by atoms with Gasteiger partial charge in [0.25, 0.3) is 9.05 Å². The summed E-state index contributed by atoms with van der Waals surface area (Å²) in [5.74, 6) is 0. The molecule has 0 bridgehead atoms. The van der Waals surface area contributed by atoms with E-state index in [1.807, 2.05) is 0 Å². The Balaban J connectivity index is 2.95. The van der Waals surface area contributed by atoms with Gasteiger partial charge in [-0.05, 0) is 19.1 Å². The molecular weight excluding hydrogens is 226 g/mol. The molecule has 0 saturated heterocycles. The van der Waals surface area contributed by atoms with Crippen molar-refractivity contribution in [2.45, 2.75) is 11.9 Å². The maximum atomic E-state index is 11.2. The molecule has 0 radical (unpaired) electrons. The van der Waals surface area contributed by atoms with E-state index in [2.05, 4.69) is 10.1 Å². The Morgan fingerprint density at radius 2 is 2.21 bits per heavy atom. The molecule has 0 atom stereocenters. The lowest BCUT2D eigenvalue weighted by atomic mass is 10.6. The lowest BCUT2D eigenvalue weighted by Crippen LogP contribution is -2.01. The predicted octanol–water partition coefficient (Wildman–Crippen LogP) is 0.965. The minimum absolute atomic E-state index is 0.0743. The molecule has 0 aliphatic heterocycles. The van der Waals surface area contributed by atoms with Crippen LogP contribution < -0.4 is 0 Å². The zero-order valence-electron chi connectivity index (χ0n) is 7.18. The number of imidazole rings is 1. The lowest BCUT2D eigenvalue weighted by Gasteiger charge is -1.95. The third-order valence-electron chi connectivity index (χ3n) is 1.75. The molecule has 0 saturated carbocycles. The fourth-order valence-corrected chi connectivity index (χ4v) is 2.53. The van der Waals surface area contributed by atoms with E-state index in [4.69, 9.17) is 10.7 Å². The van der Waals surface area contributed by atoms with Gasteiger partial charge in [0.2, 0.25) is 0 Å². The van der Waals surface area contributed by atoms with Crippen molar-refractivity contribution in [3.8, 4) is 0 Å².